The number of nitrogens with zero attached hydrogens (tertiary/aromatic N) is 1. The molecule has 0 saturated carbocycles. The van der Waals surface area contributed by atoms with Gasteiger partial charge in [-0.05, 0) is 26.3 Å². The molecule has 14 heavy (non-hydrogen) atoms. The molecule has 0 fully saturated rings. The third kappa shape index (κ3) is 2.86. The molecule has 2 nitrogen and oxygen atoms in total. The molecule has 0 bridgehead atoms. The Labute approximate surface area is 85.6 Å². The lowest BCUT2D eigenvalue weighted by molar-refractivity contribution is 0.542. The van der Waals surface area contributed by atoms with E-state index in [-0.39, 0.29) is 12.1 Å². The van der Waals surface area contributed by atoms with Gasteiger partial charge in [0.15, 0.2) is 0 Å². The van der Waals surface area contributed by atoms with Crippen molar-refractivity contribution in [1.29, 1.82) is 5.26 Å². The fourth-order valence-corrected chi connectivity index (χ4v) is 1.45. The van der Waals surface area contributed by atoms with Crippen LogP contribution in [0, 0.1) is 18.3 Å². The number of hydrogen-bond acceptors (Lipinski definition) is 2. The monoisotopic (exact) mass is 188 g/mol. The lowest BCUT2D eigenvalue weighted by atomic mass is 10.1. The van der Waals surface area contributed by atoms with Crippen molar-refractivity contribution in [1.82, 2.24) is 5.32 Å². The minimum atomic E-state index is -0.106. The third-order valence-electron chi connectivity index (χ3n) is 2.24. The van der Waals surface area contributed by atoms with Crippen LogP contribution >= 0.6 is 0 Å². The SMILES string of the molecule is Cc1cccc([C@H](C)NC(C)C#N)c1. The summed E-state index contributed by atoms with van der Waals surface area (Å²) < 4.78 is 0. The van der Waals surface area contributed by atoms with Crippen molar-refractivity contribution >= 4 is 0 Å². The van der Waals surface area contributed by atoms with Crippen LogP contribution in [-0.4, -0.2) is 6.04 Å². The second-order valence-electron chi connectivity index (χ2n) is 3.65. The molecule has 0 saturated heterocycles. The molecule has 1 N–H and O–H groups in total. The van der Waals surface area contributed by atoms with E-state index in [2.05, 4.69) is 43.4 Å². The Morgan fingerprint density at radius 1 is 1.36 bits per heavy atom. The van der Waals surface area contributed by atoms with Gasteiger partial charge in [0.1, 0.15) is 0 Å². The van der Waals surface area contributed by atoms with Crippen molar-refractivity contribution in [2.24, 2.45) is 0 Å². The second-order valence-corrected chi connectivity index (χ2v) is 3.65. The van der Waals surface area contributed by atoms with Crippen LogP contribution in [0.5, 0.6) is 0 Å². The maximum Gasteiger partial charge on any atom is 0.0929 e. The highest BCUT2D eigenvalue weighted by Gasteiger charge is 2.07. The normalized spacial score (nSPS) is 14.4. The molecule has 1 aromatic carbocycles. The minimum Gasteiger partial charge on any atom is -0.296 e. The van der Waals surface area contributed by atoms with Gasteiger partial charge in [0.25, 0.3) is 0 Å². The molecule has 0 spiro atoms. The van der Waals surface area contributed by atoms with Crippen LogP contribution in [0.4, 0.5) is 0 Å². The van der Waals surface area contributed by atoms with E-state index in [4.69, 9.17) is 5.26 Å². The predicted octanol–water partition coefficient (Wildman–Crippen LogP) is 2.56. The van der Waals surface area contributed by atoms with Gasteiger partial charge in [-0.1, -0.05) is 29.8 Å². The molecule has 0 aliphatic heterocycles. The molecular formula is C12H16N2. The van der Waals surface area contributed by atoms with Gasteiger partial charge in [0, 0.05) is 6.04 Å². The molecule has 74 valence electrons. The average molecular weight is 188 g/mol. The molecule has 1 unspecified atom stereocenters. The first-order valence-corrected chi connectivity index (χ1v) is 4.85. The zero-order valence-electron chi connectivity index (χ0n) is 8.91. The molecule has 1 aromatic rings. The highest BCUT2D eigenvalue weighted by Crippen LogP contribution is 2.13. The summed E-state index contributed by atoms with van der Waals surface area (Å²) in [7, 11) is 0. The first-order chi connectivity index (χ1) is 6.63. The Bertz CT molecular complexity index is 338. The number of aryl methyl sites for hydroxylation is 1. The van der Waals surface area contributed by atoms with Crippen LogP contribution in [0.25, 0.3) is 0 Å². The lowest BCUT2D eigenvalue weighted by Crippen LogP contribution is -2.27. The Hall–Kier alpha value is -1.33. The zero-order chi connectivity index (χ0) is 10.6. The van der Waals surface area contributed by atoms with Gasteiger partial charge >= 0.3 is 0 Å². The summed E-state index contributed by atoms with van der Waals surface area (Å²) in [6, 6.07) is 10.6. The summed E-state index contributed by atoms with van der Waals surface area (Å²) >= 11 is 0. The average Bonchev–Trinajstić information content (AvgIpc) is 2.17. The van der Waals surface area contributed by atoms with E-state index in [1.54, 1.807) is 0 Å². The maximum atomic E-state index is 8.67. The van der Waals surface area contributed by atoms with Gasteiger partial charge in [-0.15, -0.1) is 0 Å². The van der Waals surface area contributed by atoms with Gasteiger partial charge in [-0.3, -0.25) is 5.32 Å². The molecule has 1 rings (SSSR count). The molecule has 0 amide bonds. The van der Waals surface area contributed by atoms with Crippen molar-refractivity contribution in [3.8, 4) is 6.07 Å². The molecule has 0 aliphatic rings. The van der Waals surface area contributed by atoms with Crippen molar-refractivity contribution in [3.63, 3.8) is 0 Å². The third-order valence-corrected chi connectivity index (χ3v) is 2.24. The number of rotatable bonds is 3. The van der Waals surface area contributed by atoms with Crippen LogP contribution in [0.15, 0.2) is 24.3 Å². The molecule has 2 heteroatoms. The Balaban J connectivity index is 2.70. The summed E-state index contributed by atoms with van der Waals surface area (Å²) in [5.41, 5.74) is 2.48. The van der Waals surface area contributed by atoms with Crippen LogP contribution in [0.3, 0.4) is 0 Å². The van der Waals surface area contributed by atoms with Crippen LogP contribution in [0.2, 0.25) is 0 Å². The quantitative estimate of drug-likeness (QED) is 0.791. The summed E-state index contributed by atoms with van der Waals surface area (Å²) in [5.74, 6) is 0. The number of benzene rings is 1. The minimum absolute atomic E-state index is 0.106. The van der Waals surface area contributed by atoms with Crippen molar-refractivity contribution < 1.29 is 0 Å². The van der Waals surface area contributed by atoms with Gasteiger partial charge in [-0.2, -0.15) is 5.26 Å². The van der Waals surface area contributed by atoms with E-state index in [0.29, 0.717) is 0 Å². The van der Waals surface area contributed by atoms with Gasteiger partial charge in [-0.25, -0.2) is 0 Å². The molecule has 0 aromatic heterocycles. The van der Waals surface area contributed by atoms with Crippen LogP contribution in [0.1, 0.15) is 31.0 Å². The smallest absolute Gasteiger partial charge is 0.0929 e. The first kappa shape index (κ1) is 10.7. The summed E-state index contributed by atoms with van der Waals surface area (Å²) in [6.45, 7) is 6.01. The fourth-order valence-electron chi connectivity index (χ4n) is 1.45. The Morgan fingerprint density at radius 2 is 2.07 bits per heavy atom. The molecule has 0 aliphatic carbocycles. The highest BCUT2D eigenvalue weighted by atomic mass is 14.9. The van der Waals surface area contributed by atoms with E-state index < -0.39 is 0 Å². The predicted molar refractivity (Wildman–Crippen MR) is 57.8 cm³/mol. The van der Waals surface area contributed by atoms with Crippen molar-refractivity contribution in [3.05, 3.63) is 35.4 Å². The molecule has 0 radical (unpaired) electrons. The standard InChI is InChI=1S/C12H16N2/c1-9-5-4-6-12(7-9)11(3)14-10(2)8-13/h4-7,10-11,14H,1-3H3/t10?,11-/m0/s1. The van der Waals surface area contributed by atoms with E-state index >= 15 is 0 Å². The Morgan fingerprint density at radius 3 is 2.64 bits per heavy atom. The van der Waals surface area contributed by atoms with E-state index in [1.165, 1.54) is 11.1 Å². The first-order valence-electron chi connectivity index (χ1n) is 4.85. The number of nitrogens with one attached hydrogen (secondary N) is 1. The summed E-state index contributed by atoms with van der Waals surface area (Å²) in [6.07, 6.45) is 0. The van der Waals surface area contributed by atoms with E-state index in [0.717, 1.165) is 0 Å². The highest BCUT2D eigenvalue weighted by molar-refractivity contribution is 5.24. The summed E-state index contributed by atoms with van der Waals surface area (Å²) in [4.78, 5) is 0. The van der Waals surface area contributed by atoms with E-state index in [1.807, 2.05) is 13.0 Å². The van der Waals surface area contributed by atoms with E-state index in [9.17, 15) is 0 Å². The summed E-state index contributed by atoms with van der Waals surface area (Å²) in [5, 5.41) is 11.9. The lowest BCUT2D eigenvalue weighted by Gasteiger charge is -2.15. The van der Waals surface area contributed by atoms with Crippen LogP contribution in [-0.2, 0) is 0 Å². The van der Waals surface area contributed by atoms with Gasteiger partial charge in [0.05, 0.1) is 12.1 Å². The molecule has 0 heterocycles. The maximum absolute atomic E-state index is 8.67. The Kier molecular flexibility index (Phi) is 3.67. The molecular weight excluding hydrogens is 172 g/mol. The number of nitriles is 1. The van der Waals surface area contributed by atoms with Gasteiger partial charge in [0.2, 0.25) is 0 Å². The topological polar surface area (TPSA) is 35.8 Å². The van der Waals surface area contributed by atoms with Crippen LogP contribution < -0.4 is 5.32 Å². The van der Waals surface area contributed by atoms with Gasteiger partial charge < -0.3 is 0 Å². The molecule has 2 atom stereocenters. The number of hydrogen-bond donors (Lipinski definition) is 1. The zero-order valence-corrected chi connectivity index (χ0v) is 8.91. The second kappa shape index (κ2) is 4.78. The van der Waals surface area contributed by atoms with Crippen molar-refractivity contribution in [2.75, 3.05) is 0 Å². The largest absolute Gasteiger partial charge is 0.296 e. The fraction of sp³-hybridized carbons (Fsp3) is 0.417. The van der Waals surface area contributed by atoms with Crippen molar-refractivity contribution in [2.45, 2.75) is 32.9 Å².